The summed E-state index contributed by atoms with van der Waals surface area (Å²) in [6.45, 7) is 1.56. The Morgan fingerprint density at radius 3 is 3.00 bits per heavy atom. The van der Waals surface area contributed by atoms with Crippen LogP contribution >= 0.6 is 0 Å². The number of aliphatic hydroxyl groups is 1. The minimum Gasteiger partial charge on any atom is -0.355 e. The molecular weight excluding hydrogens is 108 g/mol. The molecule has 4 nitrogen and oxygen atoms in total. The normalized spacial score (nSPS) is 9.75. The molecule has 1 rings (SSSR count). The topological polar surface area (TPSA) is 50.1 Å². The number of aliphatic hydroxyl groups excluding tert-OH is 1. The van der Waals surface area contributed by atoms with Gasteiger partial charge >= 0.3 is 12.2 Å². The third kappa shape index (κ3) is 0.840. The summed E-state index contributed by atoms with van der Waals surface area (Å²) in [4.78, 5) is 3.72. The Kier molecular flexibility index (Phi) is 1.26. The first-order valence-electron chi connectivity index (χ1n) is 2.26. The molecule has 0 radical (unpaired) electrons. The lowest BCUT2D eigenvalue weighted by Gasteiger charge is -1.76. The lowest BCUT2D eigenvalue weighted by atomic mass is 10.8. The van der Waals surface area contributed by atoms with E-state index in [1.165, 1.54) is 11.1 Å². The Balaban J connectivity index is 2.84. The van der Waals surface area contributed by atoms with Crippen molar-refractivity contribution >= 4 is 0 Å². The van der Waals surface area contributed by atoms with E-state index in [2.05, 4.69) is 4.98 Å². The zero-order valence-electron chi connectivity index (χ0n) is 4.53. The molecule has 8 heavy (non-hydrogen) atoms. The first-order chi connectivity index (χ1) is 3.83. The van der Waals surface area contributed by atoms with Crippen LogP contribution in [-0.2, 0) is 6.73 Å². The molecule has 0 unspecified atom stereocenters. The van der Waals surface area contributed by atoms with Gasteiger partial charge in [-0.1, -0.05) is 0 Å². The van der Waals surface area contributed by atoms with Crippen LogP contribution < -0.4 is 4.74 Å². The van der Waals surface area contributed by atoms with E-state index in [9.17, 15) is 0 Å². The maximum absolute atomic E-state index is 8.38. The minimum atomic E-state index is -0.152. The van der Waals surface area contributed by atoms with Crippen molar-refractivity contribution in [3.05, 3.63) is 12.2 Å². The fraction of sp³-hybridized carbons (Fsp3) is 0.500. The van der Waals surface area contributed by atoms with Gasteiger partial charge in [-0.25, -0.2) is 0 Å². The van der Waals surface area contributed by atoms with E-state index in [4.69, 9.17) is 9.63 Å². The summed E-state index contributed by atoms with van der Waals surface area (Å²) in [5, 5.41) is 8.38. The second kappa shape index (κ2) is 1.92. The second-order valence-corrected chi connectivity index (χ2v) is 1.41. The van der Waals surface area contributed by atoms with Gasteiger partial charge in [-0.2, -0.15) is 0 Å². The monoisotopic (exact) mass is 115 g/mol. The average Bonchev–Trinajstić information content (AvgIpc) is 2.14. The molecule has 0 saturated heterocycles. The van der Waals surface area contributed by atoms with Crippen LogP contribution in [0.4, 0.5) is 0 Å². The molecule has 44 valence electrons. The molecule has 1 heterocycles. The van der Waals surface area contributed by atoms with Gasteiger partial charge in [0.25, 0.3) is 0 Å². The van der Waals surface area contributed by atoms with Gasteiger partial charge in [0.05, 0.1) is 0 Å². The molecule has 0 amide bonds. The number of aromatic nitrogens is 2. The van der Waals surface area contributed by atoms with Crippen LogP contribution in [0.15, 0.2) is 10.9 Å². The largest absolute Gasteiger partial charge is 0.355 e. The SMILES string of the molecule is Cc1nc[n+](CO)o1. The Bertz CT molecular complexity index is 172. The minimum absolute atomic E-state index is 0.152. The van der Waals surface area contributed by atoms with Crippen molar-refractivity contribution in [3.8, 4) is 0 Å². The zero-order chi connectivity index (χ0) is 5.98. The van der Waals surface area contributed by atoms with Gasteiger partial charge in [0.15, 0.2) is 0 Å². The molecule has 4 heteroatoms. The van der Waals surface area contributed by atoms with Crippen molar-refractivity contribution < 1.29 is 14.4 Å². The molecule has 0 aromatic carbocycles. The van der Waals surface area contributed by atoms with Crippen molar-refractivity contribution in [1.82, 2.24) is 4.98 Å². The Morgan fingerprint density at radius 2 is 2.75 bits per heavy atom. The number of hydrogen-bond donors (Lipinski definition) is 1. The third-order valence-electron chi connectivity index (χ3n) is 0.757. The highest BCUT2D eigenvalue weighted by Crippen LogP contribution is 1.80. The summed E-state index contributed by atoms with van der Waals surface area (Å²) < 4.78 is 6.02. The summed E-state index contributed by atoms with van der Waals surface area (Å²) in [5.74, 6) is 0.555. The van der Waals surface area contributed by atoms with E-state index in [1.54, 1.807) is 6.92 Å². The molecule has 1 N–H and O–H groups in total. The molecule has 0 aliphatic rings. The predicted molar refractivity (Wildman–Crippen MR) is 23.7 cm³/mol. The molecule has 1 aromatic rings. The van der Waals surface area contributed by atoms with Crippen LogP contribution in [0.25, 0.3) is 0 Å². The van der Waals surface area contributed by atoms with Crippen LogP contribution in [0.5, 0.6) is 0 Å². The number of hydrogen-bond acceptors (Lipinski definition) is 3. The zero-order valence-corrected chi connectivity index (χ0v) is 4.53. The van der Waals surface area contributed by atoms with Gasteiger partial charge in [-0.05, 0) is 9.72 Å². The molecule has 0 atom stereocenters. The van der Waals surface area contributed by atoms with Crippen molar-refractivity contribution in [1.29, 1.82) is 0 Å². The average molecular weight is 115 g/mol. The third-order valence-corrected chi connectivity index (χ3v) is 0.757. The maximum atomic E-state index is 8.38. The summed E-state index contributed by atoms with van der Waals surface area (Å²) in [6, 6.07) is 0. The van der Waals surface area contributed by atoms with E-state index >= 15 is 0 Å². The van der Waals surface area contributed by atoms with E-state index in [1.807, 2.05) is 0 Å². The van der Waals surface area contributed by atoms with Crippen molar-refractivity contribution in [2.45, 2.75) is 13.7 Å². The first kappa shape index (κ1) is 5.24. The lowest BCUT2D eigenvalue weighted by molar-refractivity contribution is -0.887. The fourth-order valence-electron chi connectivity index (χ4n) is 0.428. The van der Waals surface area contributed by atoms with Crippen molar-refractivity contribution in [3.63, 3.8) is 0 Å². The van der Waals surface area contributed by atoms with Gasteiger partial charge in [-0.15, -0.1) is 0 Å². The maximum Gasteiger partial charge on any atom is 0.350 e. The lowest BCUT2D eigenvalue weighted by Crippen LogP contribution is -2.29. The quantitative estimate of drug-likeness (QED) is 0.488. The summed E-state index contributed by atoms with van der Waals surface area (Å²) in [6.07, 6.45) is 1.43. The molecule has 0 aliphatic carbocycles. The van der Waals surface area contributed by atoms with Gasteiger partial charge in [-0.3, -0.25) is 4.52 Å². The summed E-state index contributed by atoms with van der Waals surface area (Å²) in [5.41, 5.74) is 0. The molecule has 1 aromatic heterocycles. The van der Waals surface area contributed by atoms with E-state index in [-0.39, 0.29) is 6.73 Å². The predicted octanol–water partition coefficient (Wildman–Crippen LogP) is -0.780. The summed E-state index contributed by atoms with van der Waals surface area (Å²) >= 11 is 0. The number of aryl methyl sites for hydroxylation is 1. The van der Waals surface area contributed by atoms with Crippen LogP contribution in [0.3, 0.4) is 0 Å². The molecule has 0 aliphatic heterocycles. The van der Waals surface area contributed by atoms with Crippen LogP contribution in [0.2, 0.25) is 0 Å². The highest BCUT2D eigenvalue weighted by Gasteiger charge is 2.02. The molecular formula is C4H7N2O2+. The van der Waals surface area contributed by atoms with Gasteiger partial charge < -0.3 is 5.11 Å². The number of rotatable bonds is 1. The van der Waals surface area contributed by atoms with Crippen molar-refractivity contribution in [2.75, 3.05) is 0 Å². The first-order valence-corrected chi connectivity index (χ1v) is 2.26. The van der Waals surface area contributed by atoms with Gasteiger partial charge in [0.2, 0.25) is 6.73 Å². The molecule has 0 spiro atoms. The highest BCUT2D eigenvalue weighted by molar-refractivity contribution is 4.59. The molecule has 0 saturated carbocycles. The van der Waals surface area contributed by atoms with E-state index in [0.717, 1.165) is 0 Å². The fourth-order valence-corrected chi connectivity index (χ4v) is 0.428. The van der Waals surface area contributed by atoms with Gasteiger partial charge in [0.1, 0.15) is 0 Å². The molecule has 0 bridgehead atoms. The van der Waals surface area contributed by atoms with Crippen LogP contribution in [0.1, 0.15) is 5.89 Å². The Morgan fingerprint density at radius 1 is 2.00 bits per heavy atom. The number of nitrogens with zero attached hydrogens (tertiary/aromatic N) is 2. The molecule has 0 fully saturated rings. The van der Waals surface area contributed by atoms with Gasteiger partial charge in [0, 0.05) is 6.92 Å². The smallest absolute Gasteiger partial charge is 0.350 e. The Labute approximate surface area is 46.4 Å². The standard InChI is InChI=1S/C4H7N2O2/c1-4-5-2-6(3-7)8-4/h2,7H,3H2,1H3/q+1. The second-order valence-electron chi connectivity index (χ2n) is 1.41. The van der Waals surface area contributed by atoms with E-state index in [0.29, 0.717) is 5.89 Å². The van der Waals surface area contributed by atoms with Crippen molar-refractivity contribution in [2.24, 2.45) is 0 Å². The Hall–Kier alpha value is -0.900. The van der Waals surface area contributed by atoms with Crippen LogP contribution in [-0.4, -0.2) is 10.1 Å². The highest BCUT2D eigenvalue weighted by atomic mass is 16.5. The van der Waals surface area contributed by atoms with Crippen LogP contribution in [0, 0.1) is 6.92 Å². The van der Waals surface area contributed by atoms with E-state index < -0.39 is 0 Å². The summed E-state index contributed by atoms with van der Waals surface area (Å²) in [7, 11) is 0.